The van der Waals surface area contributed by atoms with Crippen LogP contribution in [0.4, 0.5) is 4.79 Å². The lowest BCUT2D eigenvalue weighted by molar-refractivity contribution is 0.206. The average Bonchev–Trinajstić information content (AvgIpc) is 2.79. The summed E-state index contributed by atoms with van der Waals surface area (Å²) in [6, 6.07) is 12.9. The van der Waals surface area contributed by atoms with E-state index in [2.05, 4.69) is 9.71 Å². The van der Waals surface area contributed by atoms with Gasteiger partial charge in [-0.3, -0.25) is 5.32 Å². The van der Waals surface area contributed by atoms with Crippen molar-refractivity contribution in [1.82, 2.24) is 5.32 Å². The molecule has 2 aromatic carbocycles. The van der Waals surface area contributed by atoms with Gasteiger partial charge in [-0.25, -0.2) is 4.79 Å². The molecule has 0 saturated carbocycles. The Bertz CT molecular complexity index is 891. The van der Waals surface area contributed by atoms with E-state index in [0.717, 1.165) is 0 Å². The number of carbonyl (C=O) groups excluding carboxylic acids is 1. The van der Waals surface area contributed by atoms with Crippen molar-refractivity contribution < 1.29 is 22.7 Å². The van der Waals surface area contributed by atoms with Crippen molar-refractivity contribution in [3.8, 4) is 11.5 Å². The van der Waals surface area contributed by atoms with E-state index in [1.165, 1.54) is 19.2 Å². The van der Waals surface area contributed by atoms with Gasteiger partial charge in [-0.05, 0) is 24.3 Å². The van der Waals surface area contributed by atoms with Crippen molar-refractivity contribution in [3.05, 3.63) is 54.1 Å². The summed E-state index contributed by atoms with van der Waals surface area (Å²) in [4.78, 5) is 11.9. The summed E-state index contributed by atoms with van der Waals surface area (Å²) < 4.78 is 37.9. The zero-order valence-electron chi connectivity index (χ0n) is 12.0. The van der Waals surface area contributed by atoms with Gasteiger partial charge in [-0.15, -0.1) is 4.40 Å². The summed E-state index contributed by atoms with van der Waals surface area (Å²) in [5.74, 6) is 0.493. The monoisotopic (exact) mass is 332 g/mol. The second-order valence-electron chi connectivity index (χ2n) is 4.58. The largest absolute Gasteiger partial charge is 0.496 e. The lowest BCUT2D eigenvalue weighted by Gasteiger charge is -2.09. The number of ether oxygens (including phenoxy) is 2. The number of fused-ring (bicyclic) bond motifs is 1. The molecule has 0 radical (unpaired) electrons. The fourth-order valence-corrected chi connectivity index (χ4v) is 3.33. The van der Waals surface area contributed by atoms with Crippen molar-refractivity contribution >= 4 is 22.0 Å². The zero-order valence-corrected chi connectivity index (χ0v) is 12.8. The highest BCUT2D eigenvalue weighted by molar-refractivity contribution is 7.90. The summed E-state index contributed by atoms with van der Waals surface area (Å²) in [6.07, 6.45) is -0.844. The molecule has 1 amide bonds. The van der Waals surface area contributed by atoms with Gasteiger partial charge < -0.3 is 9.47 Å². The van der Waals surface area contributed by atoms with Crippen molar-refractivity contribution in [1.29, 1.82) is 0 Å². The number of nitrogens with zero attached hydrogens (tertiary/aromatic N) is 1. The number of sulfonamides is 1. The van der Waals surface area contributed by atoms with Crippen LogP contribution >= 0.6 is 0 Å². The Hall–Kier alpha value is -2.87. The molecule has 0 atom stereocenters. The van der Waals surface area contributed by atoms with Crippen molar-refractivity contribution in [2.45, 2.75) is 4.90 Å². The van der Waals surface area contributed by atoms with Crippen molar-refractivity contribution in [2.75, 3.05) is 7.11 Å². The smallest absolute Gasteiger partial charge is 0.418 e. The number of amides is 1. The first-order chi connectivity index (χ1) is 11.0. The molecule has 8 heteroatoms. The molecule has 118 valence electrons. The predicted molar refractivity (Wildman–Crippen MR) is 82.3 cm³/mol. The summed E-state index contributed by atoms with van der Waals surface area (Å²) in [5, 5.41) is 2.34. The number of benzene rings is 2. The third-order valence-electron chi connectivity index (χ3n) is 3.11. The highest BCUT2D eigenvalue weighted by atomic mass is 32.2. The Morgan fingerprint density at radius 1 is 1.09 bits per heavy atom. The normalized spacial score (nSPS) is 14.6. The van der Waals surface area contributed by atoms with Gasteiger partial charge in [-0.2, -0.15) is 8.42 Å². The first-order valence-corrected chi connectivity index (χ1v) is 8.01. The summed E-state index contributed by atoms with van der Waals surface area (Å²) >= 11 is 0. The molecule has 23 heavy (non-hydrogen) atoms. The van der Waals surface area contributed by atoms with Gasteiger partial charge in [0.05, 0.1) is 12.7 Å². The van der Waals surface area contributed by atoms with Gasteiger partial charge in [0.1, 0.15) is 16.4 Å². The van der Waals surface area contributed by atoms with Crippen LogP contribution in [0.5, 0.6) is 11.5 Å². The molecule has 2 aromatic rings. The molecule has 0 unspecified atom stereocenters. The van der Waals surface area contributed by atoms with E-state index < -0.39 is 16.1 Å². The second kappa shape index (κ2) is 5.73. The maximum Gasteiger partial charge on any atom is 0.418 e. The Kier molecular flexibility index (Phi) is 3.75. The molecule has 3 rings (SSSR count). The molecule has 0 saturated heterocycles. The van der Waals surface area contributed by atoms with Crippen molar-refractivity contribution in [3.63, 3.8) is 0 Å². The van der Waals surface area contributed by atoms with Crippen LogP contribution in [0.15, 0.2) is 57.8 Å². The Morgan fingerprint density at radius 2 is 1.83 bits per heavy atom. The molecule has 0 bridgehead atoms. The SMILES string of the molecule is COc1cccc2c1C(NC(=O)Oc1ccccc1)=NS2(=O)=O. The van der Waals surface area contributed by atoms with E-state index in [1.54, 1.807) is 36.4 Å². The van der Waals surface area contributed by atoms with Crippen LogP contribution < -0.4 is 14.8 Å². The molecule has 0 fully saturated rings. The van der Waals surface area contributed by atoms with Crippen LogP contribution in [-0.2, 0) is 10.0 Å². The van der Waals surface area contributed by atoms with Crippen LogP contribution in [0.1, 0.15) is 5.56 Å². The van der Waals surface area contributed by atoms with Gasteiger partial charge in [-0.1, -0.05) is 24.3 Å². The quantitative estimate of drug-likeness (QED) is 0.907. The van der Waals surface area contributed by atoms with E-state index in [-0.39, 0.29) is 16.3 Å². The minimum atomic E-state index is -3.87. The topological polar surface area (TPSA) is 94.1 Å². The highest BCUT2D eigenvalue weighted by Gasteiger charge is 2.33. The molecule has 1 N–H and O–H groups in total. The Morgan fingerprint density at radius 3 is 2.52 bits per heavy atom. The Balaban J connectivity index is 1.89. The fourth-order valence-electron chi connectivity index (χ4n) is 2.15. The van der Waals surface area contributed by atoms with Gasteiger partial charge in [0.2, 0.25) is 0 Å². The third kappa shape index (κ3) is 2.88. The highest BCUT2D eigenvalue weighted by Crippen LogP contribution is 2.32. The molecule has 1 aliphatic rings. The first kappa shape index (κ1) is 15.0. The number of carbonyl (C=O) groups is 1. The summed E-state index contributed by atoms with van der Waals surface area (Å²) in [7, 11) is -2.46. The van der Waals surface area contributed by atoms with E-state index in [1.807, 2.05) is 0 Å². The van der Waals surface area contributed by atoms with Gasteiger partial charge in [0, 0.05) is 0 Å². The number of amidine groups is 1. The maximum atomic E-state index is 12.0. The zero-order chi connectivity index (χ0) is 16.4. The minimum absolute atomic E-state index is 0.0214. The molecule has 7 nitrogen and oxygen atoms in total. The van der Waals surface area contributed by atoms with Crippen LogP contribution in [0.25, 0.3) is 0 Å². The second-order valence-corrected chi connectivity index (χ2v) is 6.15. The molecule has 1 aliphatic heterocycles. The number of methoxy groups -OCH3 is 1. The standard InChI is InChI=1S/C15H12N2O5S/c1-21-11-8-5-9-12-13(11)14(17-23(12,19)20)16-15(18)22-10-6-3-2-4-7-10/h2-9H,1H3,(H,16,17,18). The van der Waals surface area contributed by atoms with Crippen LogP contribution in [0, 0.1) is 0 Å². The number of hydrogen-bond donors (Lipinski definition) is 1. The number of rotatable bonds is 2. The van der Waals surface area contributed by atoms with Gasteiger partial charge in [0.25, 0.3) is 10.0 Å². The number of nitrogens with one attached hydrogen (secondary N) is 1. The molecular formula is C15H12N2O5S. The maximum absolute atomic E-state index is 12.0. The molecule has 0 spiro atoms. The fraction of sp³-hybridized carbons (Fsp3) is 0.0667. The van der Waals surface area contributed by atoms with E-state index in [9.17, 15) is 13.2 Å². The first-order valence-electron chi connectivity index (χ1n) is 6.57. The van der Waals surface area contributed by atoms with E-state index >= 15 is 0 Å². The lowest BCUT2D eigenvalue weighted by Crippen LogP contribution is -2.33. The summed E-state index contributed by atoms with van der Waals surface area (Å²) in [6.45, 7) is 0. The molecule has 1 heterocycles. The minimum Gasteiger partial charge on any atom is -0.496 e. The predicted octanol–water partition coefficient (Wildman–Crippen LogP) is 1.93. The van der Waals surface area contributed by atoms with E-state index in [4.69, 9.17) is 9.47 Å². The Labute approximate surface area is 132 Å². The van der Waals surface area contributed by atoms with Gasteiger partial charge in [0.15, 0.2) is 5.84 Å². The van der Waals surface area contributed by atoms with E-state index in [0.29, 0.717) is 11.5 Å². The third-order valence-corrected chi connectivity index (χ3v) is 4.43. The molecular weight excluding hydrogens is 320 g/mol. The number of hydrogen-bond acceptors (Lipinski definition) is 5. The number of para-hydroxylation sites is 1. The van der Waals surface area contributed by atoms with Crippen molar-refractivity contribution in [2.24, 2.45) is 4.40 Å². The van der Waals surface area contributed by atoms with Crippen LogP contribution in [-0.4, -0.2) is 27.5 Å². The summed E-state index contributed by atoms with van der Waals surface area (Å²) in [5.41, 5.74) is 0.208. The van der Waals surface area contributed by atoms with Crippen LogP contribution in [0.2, 0.25) is 0 Å². The molecule has 0 aromatic heterocycles. The van der Waals surface area contributed by atoms with Crippen LogP contribution in [0.3, 0.4) is 0 Å². The average molecular weight is 332 g/mol. The van der Waals surface area contributed by atoms with Gasteiger partial charge >= 0.3 is 6.09 Å². The molecule has 0 aliphatic carbocycles. The lowest BCUT2D eigenvalue weighted by atomic mass is 10.2.